The monoisotopic (exact) mass is 377 g/mol. The van der Waals surface area contributed by atoms with Crippen molar-refractivity contribution in [2.45, 2.75) is 24.3 Å². The van der Waals surface area contributed by atoms with E-state index in [1.54, 1.807) is 0 Å². The topological polar surface area (TPSA) is 55.4 Å². The number of ether oxygens (including phenoxy) is 1. The van der Waals surface area contributed by atoms with Crippen molar-refractivity contribution in [3.8, 4) is 0 Å². The van der Waals surface area contributed by atoms with Gasteiger partial charge in [0.2, 0.25) is 0 Å². The van der Waals surface area contributed by atoms with Gasteiger partial charge < -0.3 is 10.1 Å². The van der Waals surface area contributed by atoms with E-state index >= 15 is 0 Å². The van der Waals surface area contributed by atoms with Crippen molar-refractivity contribution in [3.63, 3.8) is 0 Å². The largest absolute Gasteiger partial charge is 0.463 e. The third-order valence-electron chi connectivity index (χ3n) is 2.69. The first-order valence-corrected chi connectivity index (χ1v) is 6.63. The first kappa shape index (κ1) is 20.1. The fraction of sp³-hybridized carbons (Fsp3) is 0.385. The average molecular weight is 378 g/mol. The first-order valence-electron chi connectivity index (χ1n) is 6.25. The Morgan fingerprint density at radius 1 is 1.17 bits per heavy atom. The molecule has 1 aromatic carbocycles. The summed E-state index contributed by atoms with van der Waals surface area (Å²) in [4.78, 5) is 19.3. The van der Waals surface area contributed by atoms with Crippen LogP contribution in [0, 0.1) is 0 Å². The lowest BCUT2D eigenvalue weighted by atomic mass is 10.1. The van der Waals surface area contributed by atoms with E-state index < -0.39 is 47.0 Å². The predicted octanol–water partition coefficient (Wildman–Crippen LogP) is 3.50. The second-order valence-corrected chi connectivity index (χ2v) is 4.98. The van der Waals surface area contributed by atoms with Crippen molar-refractivity contribution >= 4 is 23.5 Å². The molecule has 0 spiro atoms. The van der Waals surface area contributed by atoms with E-state index in [4.69, 9.17) is 11.6 Å². The number of esters is 1. The number of nitrogens with one attached hydrogen (secondary N) is 1. The molecule has 1 aromatic rings. The Kier molecular flexibility index (Phi) is 5.75. The second kappa shape index (κ2) is 6.88. The predicted molar refractivity (Wildman–Crippen MR) is 70.2 cm³/mol. The Balaban J connectivity index is 3.17. The molecule has 1 amide bonds. The van der Waals surface area contributed by atoms with Gasteiger partial charge in [-0.1, -0.05) is 17.7 Å². The molecule has 0 saturated carbocycles. The van der Waals surface area contributed by atoms with Gasteiger partial charge in [-0.3, -0.25) is 4.79 Å². The van der Waals surface area contributed by atoms with Gasteiger partial charge in [-0.25, -0.2) is 4.79 Å². The summed E-state index contributed by atoms with van der Waals surface area (Å²) in [6, 6.07) is 2.61. The number of carbonyl (C=O) groups excluding carboxylic acids is 2. The minimum absolute atomic E-state index is 0.328. The standard InChI is InChI=1S/C13H10ClF6NO3/c1-2-24-10(23)11(14,13(18,19)20)21-9(22)7-4-3-5-8(6-7)12(15,16)17/h3-6H,2H2,1H3,(H,21,22). The van der Waals surface area contributed by atoms with Gasteiger partial charge in [-0.15, -0.1) is 0 Å². The van der Waals surface area contributed by atoms with Crippen LogP contribution in [0.1, 0.15) is 22.8 Å². The summed E-state index contributed by atoms with van der Waals surface area (Å²) in [6.45, 7) is 0.753. The summed E-state index contributed by atoms with van der Waals surface area (Å²) in [5.74, 6) is -3.62. The van der Waals surface area contributed by atoms with E-state index in [0.29, 0.717) is 12.1 Å². The van der Waals surface area contributed by atoms with E-state index in [-0.39, 0.29) is 0 Å². The molecule has 0 aliphatic carbocycles. The van der Waals surface area contributed by atoms with Crippen LogP contribution in [0.4, 0.5) is 26.3 Å². The maximum Gasteiger partial charge on any atom is 0.437 e. The van der Waals surface area contributed by atoms with Gasteiger partial charge in [0, 0.05) is 5.56 Å². The molecule has 0 fully saturated rings. The van der Waals surface area contributed by atoms with E-state index in [9.17, 15) is 35.9 Å². The van der Waals surface area contributed by atoms with Gasteiger partial charge in [0.15, 0.2) is 0 Å². The Morgan fingerprint density at radius 3 is 2.21 bits per heavy atom. The van der Waals surface area contributed by atoms with Gasteiger partial charge in [0.05, 0.1) is 12.2 Å². The molecule has 0 radical (unpaired) electrons. The first-order chi connectivity index (χ1) is 10.8. The van der Waals surface area contributed by atoms with Gasteiger partial charge in [-0.2, -0.15) is 26.3 Å². The lowest BCUT2D eigenvalue weighted by molar-refractivity contribution is -0.192. The molecule has 0 aliphatic rings. The van der Waals surface area contributed by atoms with Crippen LogP contribution >= 0.6 is 11.6 Å². The van der Waals surface area contributed by atoms with Crippen LogP contribution in [0.25, 0.3) is 0 Å². The number of halogens is 7. The molecule has 0 bridgehead atoms. The highest BCUT2D eigenvalue weighted by molar-refractivity contribution is 6.35. The highest BCUT2D eigenvalue weighted by Gasteiger charge is 2.62. The van der Waals surface area contributed by atoms with Crippen LogP contribution in [0.2, 0.25) is 0 Å². The van der Waals surface area contributed by atoms with Crippen molar-refractivity contribution < 1.29 is 40.7 Å². The quantitative estimate of drug-likeness (QED) is 0.378. The average Bonchev–Trinajstić information content (AvgIpc) is 2.45. The Labute approximate surface area is 136 Å². The third-order valence-corrected chi connectivity index (χ3v) is 3.15. The third kappa shape index (κ3) is 4.31. The number of alkyl halides is 7. The molecule has 24 heavy (non-hydrogen) atoms. The van der Waals surface area contributed by atoms with E-state index in [1.165, 1.54) is 12.2 Å². The SMILES string of the molecule is CCOC(=O)C(Cl)(NC(=O)c1cccc(C(F)(F)F)c1)C(F)(F)F. The zero-order valence-electron chi connectivity index (χ0n) is 11.9. The number of carbonyl (C=O) groups is 2. The zero-order chi connectivity index (χ0) is 18.8. The van der Waals surface area contributed by atoms with Crippen molar-refractivity contribution in [2.75, 3.05) is 6.61 Å². The smallest absolute Gasteiger partial charge is 0.437 e. The molecule has 134 valence electrons. The van der Waals surface area contributed by atoms with E-state index in [0.717, 1.165) is 12.1 Å². The van der Waals surface area contributed by atoms with Crippen molar-refractivity contribution in [2.24, 2.45) is 0 Å². The number of hydrogen-bond acceptors (Lipinski definition) is 3. The fourth-order valence-corrected chi connectivity index (χ4v) is 1.67. The second-order valence-electron chi connectivity index (χ2n) is 4.41. The minimum atomic E-state index is -5.45. The molecular weight excluding hydrogens is 368 g/mol. The Morgan fingerprint density at radius 2 is 1.75 bits per heavy atom. The lowest BCUT2D eigenvalue weighted by Crippen LogP contribution is -2.60. The van der Waals surface area contributed by atoms with Crippen LogP contribution in [-0.2, 0) is 15.7 Å². The molecular formula is C13H10ClF6NO3. The van der Waals surface area contributed by atoms with Gasteiger partial charge >= 0.3 is 23.3 Å². The van der Waals surface area contributed by atoms with Crippen LogP contribution in [0.15, 0.2) is 24.3 Å². The molecule has 11 heteroatoms. The number of rotatable bonds is 4. The maximum absolute atomic E-state index is 13.0. The van der Waals surface area contributed by atoms with Gasteiger partial charge in [0.1, 0.15) is 0 Å². The number of amides is 1. The van der Waals surface area contributed by atoms with Gasteiger partial charge in [-0.05, 0) is 25.1 Å². The molecule has 0 saturated heterocycles. The summed E-state index contributed by atoms with van der Waals surface area (Å²) < 4.78 is 80.9. The lowest BCUT2D eigenvalue weighted by Gasteiger charge is -2.28. The summed E-state index contributed by atoms with van der Waals surface area (Å²) in [5, 5.41) is 1.17. The van der Waals surface area contributed by atoms with Crippen LogP contribution in [-0.4, -0.2) is 29.7 Å². The molecule has 1 N–H and O–H groups in total. The highest BCUT2D eigenvalue weighted by Crippen LogP contribution is 2.36. The summed E-state index contributed by atoms with van der Waals surface area (Å²) in [7, 11) is 0. The molecule has 1 rings (SSSR count). The molecule has 1 unspecified atom stereocenters. The Hall–Kier alpha value is -1.97. The minimum Gasteiger partial charge on any atom is -0.463 e. The van der Waals surface area contributed by atoms with E-state index in [2.05, 4.69) is 4.74 Å². The van der Waals surface area contributed by atoms with Crippen molar-refractivity contribution in [1.82, 2.24) is 5.32 Å². The molecule has 0 aliphatic heterocycles. The molecule has 1 atom stereocenters. The van der Waals surface area contributed by atoms with Crippen LogP contribution in [0.3, 0.4) is 0 Å². The molecule has 0 heterocycles. The maximum atomic E-state index is 13.0. The summed E-state index contributed by atoms with van der Waals surface area (Å²) >= 11 is 5.17. The van der Waals surface area contributed by atoms with E-state index in [1.807, 2.05) is 0 Å². The summed E-state index contributed by atoms with van der Waals surface area (Å²) in [5.41, 5.74) is -2.01. The molecule has 4 nitrogen and oxygen atoms in total. The van der Waals surface area contributed by atoms with Crippen molar-refractivity contribution in [3.05, 3.63) is 35.4 Å². The van der Waals surface area contributed by atoms with Gasteiger partial charge in [0.25, 0.3) is 5.91 Å². The molecule has 0 aromatic heterocycles. The van der Waals surface area contributed by atoms with Crippen molar-refractivity contribution in [1.29, 1.82) is 0 Å². The number of hydrogen-bond donors (Lipinski definition) is 1. The van der Waals surface area contributed by atoms with Crippen LogP contribution < -0.4 is 5.32 Å². The normalized spacial score (nSPS) is 14.7. The number of benzene rings is 1. The zero-order valence-corrected chi connectivity index (χ0v) is 12.6. The summed E-state index contributed by atoms with van der Waals surface area (Å²) in [6.07, 6.45) is -10.3. The fourth-order valence-electron chi connectivity index (χ4n) is 1.53. The van der Waals surface area contributed by atoms with Crippen LogP contribution in [0.5, 0.6) is 0 Å². The highest BCUT2D eigenvalue weighted by atomic mass is 35.5. The Bertz CT molecular complexity index is 631.